The molecule has 0 fully saturated rings. The lowest BCUT2D eigenvalue weighted by Gasteiger charge is -2.21. The Hall–Kier alpha value is -1.53. The average Bonchev–Trinajstić information content (AvgIpc) is 2.19. The Balaban J connectivity index is 2.95. The van der Waals surface area contributed by atoms with Crippen LogP contribution in [0.3, 0.4) is 0 Å². The Labute approximate surface area is 94.4 Å². The van der Waals surface area contributed by atoms with E-state index in [0.717, 1.165) is 6.07 Å². The molecule has 2 nitrogen and oxygen atoms in total. The molecule has 0 spiro atoms. The lowest BCUT2D eigenvalue weighted by atomic mass is 10.3. The third-order valence-corrected chi connectivity index (χ3v) is 1.82. The maximum absolute atomic E-state index is 12.7. The maximum Gasteiger partial charge on any atom is 0.499 e. The van der Waals surface area contributed by atoms with Crippen molar-refractivity contribution in [2.24, 2.45) is 0 Å². The maximum atomic E-state index is 12.7. The van der Waals surface area contributed by atoms with Crippen molar-refractivity contribution in [3.8, 4) is 5.75 Å². The second-order valence-corrected chi connectivity index (χ2v) is 3.14. The monoisotopic (exact) mass is 255 g/mol. The number of anilines is 1. The van der Waals surface area contributed by atoms with Gasteiger partial charge < -0.3 is 10.1 Å². The van der Waals surface area contributed by atoms with Gasteiger partial charge in [-0.25, -0.2) is 0 Å². The number of nitrogens with one attached hydrogen (secondary N) is 1. The summed E-state index contributed by atoms with van der Waals surface area (Å²) in [5, 5.41) is 2.62. The van der Waals surface area contributed by atoms with E-state index in [1.807, 2.05) is 0 Å². The van der Waals surface area contributed by atoms with Crippen LogP contribution in [0.1, 0.15) is 6.92 Å². The van der Waals surface area contributed by atoms with E-state index in [2.05, 4.69) is 10.1 Å². The van der Waals surface area contributed by atoms with Gasteiger partial charge in [-0.2, -0.15) is 22.0 Å². The van der Waals surface area contributed by atoms with Crippen LogP contribution in [0.5, 0.6) is 5.75 Å². The third-order valence-electron chi connectivity index (χ3n) is 1.82. The molecule has 0 bridgehead atoms. The van der Waals surface area contributed by atoms with Crippen molar-refractivity contribution in [1.82, 2.24) is 0 Å². The molecule has 0 aliphatic rings. The van der Waals surface area contributed by atoms with Gasteiger partial charge in [0.2, 0.25) is 0 Å². The normalized spacial score (nSPS) is 12.4. The van der Waals surface area contributed by atoms with E-state index in [9.17, 15) is 22.0 Å². The summed E-state index contributed by atoms with van der Waals surface area (Å²) >= 11 is 0. The van der Waals surface area contributed by atoms with Gasteiger partial charge in [0.05, 0.1) is 5.69 Å². The molecule has 1 N–H and O–H groups in total. The molecule has 0 saturated heterocycles. The van der Waals surface area contributed by atoms with Crippen molar-refractivity contribution in [3.63, 3.8) is 0 Å². The molecule has 0 heterocycles. The van der Waals surface area contributed by atoms with Crippen molar-refractivity contribution in [2.75, 3.05) is 11.9 Å². The number of hydrogen-bond donors (Lipinski definition) is 1. The van der Waals surface area contributed by atoms with Gasteiger partial charge in [-0.15, -0.1) is 0 Å². The molecule has 0 saturated carbocycles. The molecule has 0 aliphatic heterocycles. The highest BCUT2D eigenvalue weighted by molar-refractivity contribution is 5.56. The van der Waals surface area contributed by atoms with E-state index in [1.54, 1.807) is 6.92 Å². The third kappa shape index (κ3) is 3.21. The summed E-state index contributed by atoms with van der Waals surface area (Å²) < 4.78 is 64.9. The standard InChI is InChI=1S/C10H10F5NO/c1-2-16-7-5-3-4-6-8(7)17-10(14,15)9(11,12)13/h3-6,16H,2H2,1H3. The lowest BCUT2D eigenvalue weighted by Crippen LogP contribution is -2.42. The number of rotatable bonds is 4. The van der Waals surface area contributed by atoms with Gasteiger partial charge in [-0.1, -0.05) is 12.1 Å². The van der Waals surface area contributed by atoms with Crippen LogP contribution in [0.25, 0.3) is 0 Å². The number of alkyl halides is 5. The molecule has 96 valence electrons. The smallest absolute Gasteiger partial charge is 0.424 e. The zero-order valence-electron chi connectivity index (χ0n) is 8.81. The Morgan fingerprint density at radius 3 is 2.24 bits per heavy atom. The highest BCUT2D eigenvalue weighted by Gasteiger charge is 2.61. The largest absolute Gasteiger partial charge is 0.499 e. The molecule has 0 radical (unpaired) electrons. The molecule has 1 aromatic carbocycles. The number of para-hydroxylation sites is 2. The van der Waals surface area contributed by atoms with Crippen LogP contribution >= 0.6 is 0 Å². The fourth-order valence-electron chi connectivity index (χ4n) is 1.09. The minimum absolute atomic E-state index is 0.0823. The first-order valence-electron chi connectivity index (χ1n) is 4.74. The first-order chi connectivity index (χ1) is 7.78. The first kappa shape index (κ1) is 13.5. The van der Waals surface area contributed by atoms with E-state index < -0.39 is 18.0 Å². The fourth-order valence-corrected chi connectivity index (χ4v) is 1.09. The minimum Gasteiger partial charge on any atom is -0.424 e. The SMILES string of the molecule is CCNc1ccccc1OC(F)(F)C(F)(F)F. The van der Waals surface area contributed by atoms with E-state index in [1.165, 1.54) is 18.2 Å². The molecule has 17 heavy (non-hydrogen) atoms. The highest BCUT2D eigenvalue weighted by Crippen LogP contribution is 2.39. The second kappa shape index (κ2) is 4.77. The number of ether oxygens (including phenoxy) is 1. The van der Waals surface area contributed by atoms with Crippen LogP contribution in [0.4, 0.5) is 27.6 Å². The second-order valence-electron chi connectivity index (χ2n) is 3.14. The topological polar surface area (TPSA) is 21.3 Å². The van der Waals surface area contributed by atoms with E-state index in [4.69, 9.17) is 0 Å². The summed E-state index contributed by atoms with van der Waals surface area (Å²) in [5.41, 5.74) is 0.0823. The Morgan fingerprint density at radius 2 is 1.71 bits per heavy atom. The predicted octanol–water partition coefficient (Wildman–Crippen LogP) is 3.65. The molecule has 0 amide bonds. The Bertz CT molecular complexity index is 377. The molecule has 7 heteroatoms. The molecule has 0 aromatic heterocycles. The highest BCUT2D eigenvalue weighted by atomic mass is 19.4. The summed E-state index contributed by atoms with van der Waals surface area (Å²) in [6.07, 6.45) is -11.0. The van der Waals surface area contributed by atoms with Crippen LogP contribution in [0.2, 0.25) is 0 Å². The summed E-state index contributed by atoms with van der Waals surface area (Å²) in [6, 6.07) is 5.20. The number of halogens is 5. The van der Waals surface area contributed by atoms with Gasteiger partial charge in [0.25, 0.3) is 0 Å². The van der Waals surface area contributed by atoms with Crippen LogP contribution in [0.15, 0.2) is 24.3 Å². The Morgan fingerprint density at radius 1 is 1.12 bits per heavy atom. The zero-order valence-corrected chi connectivity index (χ0v) is 8.81. The van der Waals surface area contributed by atoms with Gasteiger partial charge in [0, 0.05) is 6.54 Å². The molecule has 0 atom stereocenters. The van der Waals surface area contributed by atoms with Crippen LogP contribution in [0, 0.1) is 0 Å². The molecular formula is C10H10F5NO. The lowest BCUT2D eigenvalue weighted by molar-refractivity contribution is -0.360. The van der Waals surface area contributed by atoms with Gasteiger partial charge in [0.15, 0.2) is 0 Å². The summed E-state index contributed by atoms with van der Waals surface area (Å²) in [6.45, 7) is 2.05. The minimum atomic E-state index is -5.74. The average molecular weight is 255 g/mol. The number of hydrogen-bond acceptors (Lipinski definition) is 2. The van der Waals surface area contributed by atoms with E-state index in [0.29, 0.717) is 6.54 Å². The van der Waals surface area contributed by atoms with Crippen LogP contribution < -0.4 is 10.1 Å². The van der Waals surface area contributed by atoms with Crippen LogP contribution in [-0.2, 0) is 0 Å². The van der Waals surface area contributed by atoms with Crippen LogP contribution in [-0.4, -0.2) is 18.8 Å². The van der Waals surface area contributed by atoms with Gasteiger partial charge >= 0.3 is 12.3 Å². The molecular weight excluding hydrogens is 245 g/mol. The number of benzene rings is 1. The van der Waals surface area contributed by atoms with Gasteiger partial charge in [-0.05, 0) is 19.1 Å². The summed E-state index contributed by atoms with van der Waals surface area (Å²) in [5.74, 6) is -0.545. The molecule has 0 unspecified atom stereocenters. The molecule has 1 aromatic rings. The van der Waals surface area contributed by atoms with E-state index in [-0.39, 0.29) is 5.69 Å². The van der Waals surface area contributed by atoms with Crippen molar-refractivity contribution in [3.05, 3.63) is 24.3 Å². The van der Waals surface area contributed by atoms with Crippen molar-refractivity contribution in [1.29, 1.82) is 0 Å². The van der Waals surface area contributed by atoms with Crippen molar-refractivity contribution < 1.29 is 26.7 Å². The van der Waals surface area contributed by atoms with Crippen molar-refractivity contribution in [2.45, 2.75) is 19.2 Å². The Kier molecular flexibility index (Phi) is 3.79. The van der Waals surface area contributed by atoms with Gasteiger partial charge in [-0.3, -0.25) is 0 Å². The molecule has 1 rings (SSSR count). The van der Waals surface area contributed by atoms with Gasteiger partial charge in [0.1, 0.15) is 5.75 Å². The predicted molar refractivity (Wildman–Crippen MR) is 52.2 cm³/mol. The zero-order chi connectivity index (χ0) is 13.1. The van der Waals surface area contributed by atoms with Crippen molar-refractivity contribution >= 4 is 5.69 Å². The quantitative estimate of drug-likeness (QED) is 0.829. The fraction of sp³-hybridized carbons (Fsp3) is 0.400. The van der Waals surface area contributed by atoms with E-state index >= 15 is 0 Å². The first-order valence-corrected chi connectivity index (χ1v) is 4.74. The summed E-state index contributed by atoms with van der Waals surface area (Å²) in [4.78, 5) is 0. The summed E-state index contributed by atoms with van der Waals surface area (Å²) in [7, 11) is 0. The molecule has 0 aliphatic carbocycles.